The average molecular weight is 312 g/mol. The van der Waals surface area contributed by atoms with Gasteiger partial charge in [-0.25, -0.2) is 9.97 Å². The molecule has 0 aliphatic heterocycles. The smallest absolute Gasteiger partial charge is 0.142 e. The van der Waals surface area contributed by atoms with E-state index < -0.39 is 0 Å². The van der Waals surface area contributed by atoms with Crippen LogP contribution in [0.5, 0.6) is 5.75 Å². The molecule has 0 amide bonds. The fraction of sp³-hybridized carbons (Fsp3) is 0.286. The van der Waals surface area contributed by atoms with Gasteiger partial charge in [0.15, 0.2) is 0 Å². The molecule has 20 heavy (non-hydrogen) atoms. The molecule has 6 heteroatoms. The number of methoxy groups -OCH3 is 1. The van der Waals surface area contributed by atoms with Crippen LogP contribution in [0.1, 0.15) is 25.6 Å². The Labute approximate surface area is 128 Å². The van der Waals surface area contributed by atoms with Crippen molar-refractivity contribution in [3.05, 3.63) is 40.3 Å². The molecule has 4 nitrogen and oxygen atoms in total. The lowest BCUT2D eigenvalue weighted by Crippen LogP contribution is -2.03. The molecule has 1 heterocycles. The number of nitrogens with zero attached hydrogens (tertiary/aromatic N) is 2. The van der Waals surface area contributed by atoms with Crippen LogP contribution in [0.25, 0.3) is 0 Å². The minimum atomic E-state index is 0.190. The fourth-order valence-electron chi connectivity index (χ4n) is 1.67. The van der Waals surface area contributed by atoms with Crippen molar-refractivity contribution in [2.24, 2.45) is 0 Å². The highest BCUT2D eigenvalue weighted by Crippen LogP contribution is 2.30. The van der Waals surface area contributed by atoms with Gasteiger partial charge in [-0.3, -0.25) is 0 Å². The van der Waals surface area contributed by atoms with Gasteiger partial charge in [-0.1, -0.05) is 37.0 Å². The van der Waals surface area contributed by atoms with Crippen molar-refractivity contribution in [2.75, 3.05) is 12.4 Å². The van der Waals surface area contributed by atoms with Crippen LogP contribution in [0.2, 0.25) is 10.2 Å². The Balaban J connectivity index is 2.37. The van der Waals surface area contributed by atoms with E-state index in [0.29, 0.717) is 27.6 Å². The summed E-state index contributed by atoms with van der Waals surface area (Å²) in [6.45, 7) is 4.02. The Morgan fingerprint density at radius 1 is 1.15 bits per heavy atom. The van der Waals surface area contributed by atoms with E-state index in [1.54, 1.807) is 31.4 Å². The fourth-order valence-corrected chi connectivity index (χ4v) is 2.04. The third-order valence-electron chi connectivity index (χ3n) is 2.65. The minimum Gasteiger partial charge on any atom is -0.495 e. The number of hydrogen-bond donors (Lipinski definition) is 1. The van der Waals surface area contributed by atoms with Crippen LogP contribution in [0.3, 0.4) is 0 Å². The van der Waals surface area contributed by atoms with Crippen LogP contribution in [0, 0.1) is 0 Å². The molecule has 0 fully saturated rings. The number of hydrogen-bond acceptors (Lipinski definition) is 4. The summed E-state index contributed by atoms with van der Waals surface area (Å²) >= 11 is 12.0. The van der Waals surface area contributed by atoms with Gasteiger partial charge in [0.25, 0.3) is 0 Å². The van der Waals surface area contributed by atoms with Crippen LogP contribution in [-0.2, 0) is 0 Å². The van der Waals surface area contributed by atoms with E-state index in [1.165, 1.54) is 0 Å². The van der Waals surface area contributed by atoms with Crippen molar-refractivity contribution in [3.8, 4) is 5.75 Å². The quantitative estimate of drug-likeness (QED) is 0.834. The molecular formula is C14H15Cl2N3O. The van der Waals surface area contributed by atoms with Crippen LogP contribution >= 0.6 is 23.2 Å². The molecule has 0 aliphatic rings. The number of halogens is 2. The topological polar surface area (TPSA) is 47.0 Å². The maximum atomic E-state index is 6.02. The first-order chi connectivity index (χ1) is 9.49. The summed E-state index contributed by atoms with van der Waals surface area (Å²) in [7, 11) is 1.60. The number of benzene rings is 1. The van der Waals surface area contributed by atoms with E-state index in [1.807, 2.05) is 13.8 Å². The third kappa shape index (κ3) is 3.52. The zero-order valence-electron chi connectivity index (χ0n) is 11.4. The summed E-state index contributed by atoms with van der Waals surface area (Å²) < 4.78 is 5.28. The van der Waals surface area contributed by atoms with Gasteiger partial charge in [0.05, 0.1) is 12.8 Å². The Bertz CT molecular complexity index is 617. The van der Waals surface area contributed by atoms with Gasteiger partial charge in [-0.2, -0.15) is 0 Å². The first kappa shape index (κ1) is 14.9. The lowest BCUT2D eigenvalue weighted by atomic mass is 10.2. The van der Waals surface area contributed by atoms with Gasteiger partial charge in [0, 0.05) is 17.0 Å². The number of aromatic nitrogens is 2. The highest BCUT2D eigenvalue weighted by atomic mass is 35.5. The first-order valence-corrected chi connectivity index (χ1v) is 6.90. The van der Waals surface area contributed by atoms with Crippen LogP contribution in [0.4, 0.5) is 11.5 Å². The van der Waals surface area contributed by atoms with Gasteiger partial charge < -0.3 is 10.1 Å². The predicted octanol–water partition coefficient (Wildman–Crippen LogP) is 4.66. The molecule has 2 rings (SSSR count). The molecule has 0 bridgehead atoms. The number of nitrogens with one attached hydrogen (secondary N) is 1. The van der Waals surface area contributed by atoms with Crippen molar-refractivity contribution in [1.82, 2.24) is 9.97 Å². The summed E-state index contributed by atoms with van der Waals surface area (Å²) in [6.07, 6.45) is 0. The number of ether oxygens (including phenoxy) is 1. The summed E-state index contributed by atoms with van der Waals surface area (Å²) in [5.74, 6) is 2.15. The minimum absolute atomic E-state index is 0.190. The van der Waals surface area contributed by atoms with Gasteiger partial charge in [-0.15, -0.1) is 0 Å². The van der Waals surface area contributed by atoms with E-state index in [0.717, 1.165) is 5.69 Å². The normalized spacial score (nSPS) is 10.7. The third-order valence-corrected chi connectivity index (χ3v) is 3.08. The molecule has 1 aromatic heterocycles. The Morgan fingerprint density at radius 2 is 1.90 bits per heavy atom. The maximum Gasteiger partial charge on any atom is 0.142 e. The molecule has 0 aliphatic carbocycles. The molecule has 1 aromatic carbocycles. The highest BCUT2D eigenvalue weighted by molar-refractivity contribution is 6.31. The molecule has 0 saturated carbocycles. The van der Waals surface area contributed by atoms with Gasteiger partial charge in [0.2, 0.25) is 0 Å². The SMILES string of the molecule is COc1ccc(Cl)cc1Nc1cc(Cl)nc(C(C)C)n1. The second-order valence-corrected chi connectivity index (χ2v) is 5.38. The van der Waals surface area contributed by atoms with Crippen molar-refractivity contribution < 1.29 is 4.74 Å². The molecule has 2 aromatic rings. The summed E-state index contributed by atoms with van der Waals surface area (Å²) in [6, 6.07) is 6.98. The monoisotopic (exact) mass is 311 g/mol. The van der Waals surface area contributed by atoms with Crippen molar-refractivity contribution in [1.29, 1.82) is 0 Å². The van der Waals surface area contributed by atoms with Crippen LogP contribution in [-0.4, -0.2) is 17.1 Å². The van der Waals surface area contributed by atoms with E-state index in [4.69, 9.17) is 27.9 Å². The second-order valence-electron chi connectivity index (χ2n) is 4.56. The standard InChI is InChI=1S/C14H15Cl2N3O/c1-8(2)14-18-12(16)7-13(19-14)17-10-6-9(15)4-5-11(10)20-3/h4-8H,1-3H3,(H,17,18,19). The average Bonchev–Trinajstić information content (AvgIpc) is 2.38. The molecule has 0 spiro atoms. The van der Waals surface area contributed by atoms with Crippen LogP contribution in [0.15, 0.2) is 24.3 Å². The Morgan fingerprint density at radius 3 is 2.55 bits per heavy atom. The van der Waals surface area contributed by atoms with Crippen molar-refractivity contribution in [3.63, 3.8) is 0 Å². The van der Waals surface area contributed by atoms with Gasteiger partial charge in [-0.05, 0) is 18.2 Å². The Kier molecular flexibility index (Phi) is 4.68. The van der Waals surface area contributed by atoms with Crippen molar-refractivity contribution in [2.45, 2.75) is 19.8 Å². The molecule has 0 radical (unpaired) electrons. The number of rotatable bonds is 4. The molecule has 1 N–H and O–H groups in total. The molecule has 106 valence electrons. The predicted molar refractivity (Wildman–Crippen MR) is 82.4 cm³/mol. The molecule has 0 unspecified atom stereocenters. The van der Waals surface area contributed by atoms with E-state index >= 15 is 0 Å². The van der Waals surface area contributed by atoms with E-state index in [-0.39, 0.29) is 5.92 Å². The zero-order valence-corrected chi connectivity index (χ0v) is 13.0. The first-order valence-electron chi connectivity index (χ1n) is 6.14. The second kappa shape index (κ2) is 6.29. The van der Waals surface area contributed by atoms with E-state index in [2.05, 4.69) is 15.3 Å². The number of anilines is 2. The van der Waals surface area contributed by atoms with Gasteiger partial charge in [0.1, 0.15) is 22.5 Å². The van der Waals surface area contributed by atoms with Crippen molar-refractivity contribution >= 4 is 34.7 Å². The zero-order chi connectivity index (χ0) is 14.7. The molecule has 0 saturated heterocycles. The van der Waals surface area contributed by atoms with E-state index in [9.17, 15) is 0 Å². The highest BCUT2D eigenvalue weighted by Gasteiger charge is 2.09. The molecule has 0 atom stereocenters. The maximum absolute atomic E-state index is 6.02. The Hall–Kier alpha value is -1.52. The molecular weight excluding hydrogens is 297 g/mol. The van der Waals surface area contributed by atoms with Crippen LogP contribution < -0.4 is 10.1 Å². The summed E-state index contributed by atoms with van der Waals surface area (Å²) in [4.78, 5) is 8.62. The lowest BCUT2D eigenvalue weighted by Gasteiger charge is -2.12. The summed E-state index contributed by atoms with van der Waals surface area (Å²) in [5, 5.41) is 4.16. The largest absolute Gasteiger partial charge is 0.495 e. The van der Waals surface area contributed by atoms with Gasteiger partial charge >= 0.3 is 0 Å². The summed E-state index contributed by atoms with van der Waals surface area (Å²) in [5.41, 5.74) is 0.726. The lowest BCUT2D eigenvalue weighted by molar-refractivity contribution is 0.417.